The van der Waals surface area contributed by atoms with Gasteiger partial charge in [0.25, 0.3) is 0 Å². The molecule has 0 aliphatic heterocycles. The minimum atomic E-state index is 0.230. The van der Waals surface area contributed by atoms with Crippen molar-refractivity contribution >= 4 is 15.9 Å². The van der Waals surface area contributed by atoms with Crippen LogP contribution in [0.1, 0.15) is 50.4 Å². The molecule has 1 heterocycles. The van der Waals surface area contributed by atoms with Gasteiger partial charge in [-0.2, -0.15) is 5.10 Å². The summed E-state index contributed by atoms with van der Waals surface area (Å²) >= 11 is 3.67. The number of halogens is 1. The van der Waals surface area contributed by atoms with Crippen LogP contribution in [-0.2, 0) is 13.1 Å². The maximum absolute atomic E-state index is 9.37. The second-order valence-corrected chi connectivity index (χ2v) is 6.44. The van der Waals surface area contributed by atoms with Crippen molar-refractivity contribution in [2.24, 2.45) is 0 Å². The van der Waals surface area contributed by atoms with E-state index in [2.05, 4.69) is 37.5 Å². The first-order valence-electron chi connectivity index (χ1n) is 7.74. The molecule has 2 rings (SSSR count). The Labute approximate surface area is 130 Å². The van der Waals surface area contributed by atoms with Crippen LogP contribution in [0.4, 0.5) is 0 Å². The Kier molecular flexibility index (Phi) is 6.05. The monoisotopic (exact) mass is 343 g/mol. The third kappa shape index (κ3) is 3.62. The van der Waals surface area contributed by atoms with Crippen molar-refractivity contribution in [1.29, 1.82) is 0 Å². The number of hydrogen-bond donors (Lipinski definition) is 1. The maximum atomic E-state index is 9.37. The zero-order valence-corrected chi connectivity index (χ0v) is 14.2. The van der Waals surface area contributed by atoms with Crippen molar-refractivity contribution in [3.8, 4) is 0 Å². The van der Waals surface area contributed by atoms with Gasteiger partial charge in [-0.05, 0) is 42.6 Å². The van der Waals surface area contributed by atoms with Gasteiger partial charge in [-0.25, -0.2) is 0 Å². The van der Waals surface area contributed by atoms with Crippen LogP contribution < -0.4 is 0 Å². The van der Waals surface area contributed by atoms with Crippen molar-refractivity contribution in [3.63, 3.8) is 0 Å². The van der Waals surface area contributed by atoms with Crippen molar-refractivity contribution in [2.45, 2.75) is 65.1 Å². The molecule has 114 valence electrons. The molecule has 1 aromatic heterocycles. The summed E-state index contributed by atoms with van der Waals surface area (Å²) in [6, 6.07) is 0.614. The van der Waals surface area contributed by atoms with E-state index in [-0.39, 0.29) is 6.61 Å². The van der Waals surface area contributed by atoms with Gasteiger partial charge >= 0.3 is 0 Å². The molecule has 0 atom stereocenters. The molecule has 1 fully saturated rings. The Hall–Kier alpha value is -0.390. The molecule has 0 radical (unpaired) electrons. The van der Waals surface area contributed by atoms with Crippen molar-refractivity contribution in [2.75, 3.05) is 13.2 Å². The summed E-state index contributed by atoms with van der Waals surface area (Å²) in [5.41, 5.74) is 2.29. The normalized spacial score (nSPS) is 17.1. The molecule has 0 amide bonds. The zero-order chi connectivity index (χ0) is 14.5. The first-order valence-corrected chi connectivity index (χ1v) is 8.53. The molecule has 5 heteroatoms. The lowest BCUT2D eigenvalue weighted by atomic mass is 9.94. The second-order valence-electron chi connectivity index (χ2n) is 5.65. The SMILES string of the molecule is CCn1nc(C)c(Br)c1CN(CCO)C1CCCCC1. The zero-order valence-electron chi connectivity index (χ0n) is 12.6. The minimum absolute atomic E-state index is 0.230. The van der Waals surface area contributed by atoms with Crippen molar-refractivity contribution < 1.29 is 5.11 Å². The number of nitrogens with zero attached hydrogens (tertiary/aromatic N) is 3. The van der Waals surface area contributed by atoms with Crippen LogP contribution in [0.25, 0.3) is 0 Å². The number of aliphatic hydroxyl groups excluding tert-OH is 1. The molecule has 0 aromatic carbocycles. The second kappa shape index (κ2) is 7.57. The van der Waals surface area contributed by atoms with E-state index < -0.39 is 0 Å². The fraction of sp³-hybridized carbons (Fsp3) is 0.800. The topological polar surface area (TPSA) is 41.3 Å². The van der Waals surface area contributed by atoms with Crippen LogP contribution in [0, 0.1) is 6.92 Å². The summed E-state index contributed by atoms with van der Waals surface area (Å²) in [6.07, 6.45) is 6.52. The van der Waals surface area contributed by atoms with Crippen LogP contribution in [-0.4, -0.2) is 39.0 Å². The summed E-state index contributed by atoms with van der Waals surface area (Å²) < 4.78 is 3.20. The Bertz CT molecular complexity index is 427. The molecule has 1 saturated carbocycles. The number of rotatable bonds is 6. The van der Waals surface area contributed by atoms with Gasteiger partial charge in [0.2, 0.25) is 0 Å². The van der Waals surface area contributed by atoms with Crippen LogP contribution in [0.15, 0.2) is 4.47 Å². The van der Waals surface area contributed by atoms with Crippen molar-refractivity contribution in [1.82, 2.24) is 14.7 Å². The van der Waals surface area contributed by atoms with Crippen LogP contribution in [0.2, 0.25) is 0 Å². The maximum Gasteiger partial charge on any atom is 0.0739 e. The molecule has 0 unspecified atom stereocenters. The summed E-state index contributed by atoms with van der Waals surface area (Å²) in [5, 5.41) is 13.9. The standard InChI is InChI=1S/C15H26BrN3O/c1-3-19-14(15(16)12(2)17-19)11-18(9-10-20)13-7-5-4-6-8-13/h13,20H,3-11H2,1-2H3. The number of hydrogen-bond acceptors (Lipinski definition) is 3. The lowest BCUT2D eigenvalue weighted by Crippen LogP contribution is -2.38. The molecule has 0 spiro atoms. The lowest BCUT2D eigenvalue weighted by molar-refractivity contribution is 0.114. The lowest BCUT2D eigenvalue weighted by Gasteiger charge is -2.34. The predicted octanol–water partition coefficient (Wildman–Crippen LogP) is 3.10. The molecule has 20 heavy (non-hydrogen) atoms. The van der Waals surface area contributed by atoms with E-state index in [1.807, 2.05) is 6.92 Å². The van der Waals surface area contributed by atoms with E-state index in [9.17, 15) is 5.11 Å². The average Bonchev–Trinajstić information content (AvgIpc) is 2.75. The summed E-state index contributed by atoms with van der Waals surface area (Å²) in [4.78, 5) is 2.44. The number of aliphatic hydroxyl groups is 1. The van der Waals surface area contributed by atoms with Crippen LogP contribution >= 0.6 is 15.9 Å². The number of aromatic nitrogens is 2. The van der Waals surface area contributed by atoms with Gasteiger partial charge in [0.15, 0.2) is 0 Å². The predicted molar refractivity (Wildman–Crippen MR) is 84.7 cm³/mol. The van der Waals surface area contributed by atoms with Gasteiger partial charge < -0.3 is 5.11 Å². The third-order valence-electron chi connectivity index (χ3n) is 4.28. The summed E-state index contributed by atoms with van der Waals surface area (Å²) in [7, 11) is 0. The third-order valence-corrected chi connectivity index (χ3v) is 5.32. The van der Waals surface area contributed by atoms with E-state index in [1.165, 1.54) is 37.8 Å². The van der Waals surface area contributed by atoms with E-state index >= 15 is 0 Å². The minimum Gasteiger partial charge on any atom is -0.395 e. The highest BCUT2D eigenvalue weighted by Crippen LogP contribution is 2.27. The van der Waals surface area contributed by atoms with Crippen LogP contribution in [0.3, 0.4) is 0 Å². The van der Waals surface area contributed by atoms with E-state index in [0.717, 1.165) is 29.8 Å². The Morgan fingerprint density at radius 3 is 2.65 bits per heavy atom. The fourth-order valence-electron chi connectivity index (χ4n) is 3.18. The highest BCUT2D eigenvalue weighted by atomic mass is 79.9. The Morgan fingerprint density at radius 2 is 2.05 bits per heavy atom. The first-order chi connectivity index (χ1) is 9.67. The van der Waals surface area contributed by atoms with Crippen LogP contribution in [0.5, 0.6) is 0 Å². The highest BCUT2D eigenvalue weighted by molar-refractivity contribution is 9.10. The molecule has 1 aliphatic carbocycles. The smallest absolute Gasteiger partial charge is 0.0739 e. The molecular weight excluding hydrogens is 318 g/mol. The fourth-order valence-corrected chi connectivity index (χ4v) is 3.59. The van der Waals surface area contributed by atoms with Crippen molar-refractivity contribution in [3.05, 3.63) is 15.9 Å². The van der Waals surface area contributed by atoms with Gasteiger partial charge in [-0.3, -0.25) is 9.58 Å². The van der Waals surface area contributed by atoms with Gasteiger partial charge in [-0.1, -0.05) is 19.3 Å². The quantitative estimate of drug-likeness (QED) is 0.862. The first kappa shape index (κ1) is 16.0. The molecular formula is C15H26BrN3O. The van der Waals surface area contributed by atoms with E-state index in [0.29, 0.717) is 6.04 Å². The Balaban J connectivity index is 2.14. The largest absolute Gasteiger partial charge is 0.395 e. The molecule has 1 aliphatic rings. The molecule has 1 N–H and O–H groups in total. The Morgan fingerprint density at radius 1 is 1.35 bits per heavy atom. The van der Waals surface area contributed by atoms with E-state index in [4.69, 9.17) is 0 Å². The van der Waals surface area contributed by atoms with Gasteiger partial charge in [-0.15, -0.1) is 0 Å². The van der Waals surface area contributed by atoms with Gasteiger partial charge in [0, 0.05) is 25.7 Å². The summed E-state index contributed by atoms with van der Waals surface area (Å²) in [5.74, 6) is 0. The molecule has 0 bridgehead atoms. The highest BCUT2D eigenvalue weighted by Gasteiger charge is 2.23. The number of aryl methyl sites for hydroxylation is 2. The average molecular weight is 344 g/mol. The van der Waals surface area contributed by atoms with Gasteiger partial charge in [0.1, 0.15) is 0 Å². The van der Waals surface area contributed by atoms with E-state index in [1.54, 1.807) is 0 Å². The molecule has 4 nitrogen and oxygen atoms in total. The molecule has 1 aromatic rings. The van der Waals surface area contributed by atoms with Gasteiger partial charge in [0.05, 0.1) is 22.5 Å². The summed E-state index contributed by atoms with van der Waals surface area (Å²) in [6.45, 7) is 6.91. The molecule has 0 saturated heterocycles.